The number of ether oxygens (including phenoxy) is 3. The first-order chi connectivity index (χ1) is 9.65. The van der Waals surface area contributed by atoms with Crippen LogP contribution in [0.5, 0.6) is 11.5 Å². The number of hydrogen-bond acceptors (Lipinski definition) is 5. The Balaban J connectivity index is 2.91. The van der Waals surface area contributed by atoms with Gasteiger partial charge in [0.05, 0.1) is 13.7 Å². The van der Waals surface area contributed by atoms with Gasteiger partial charge in [-0.2, -0.15) is 0 Å². The minimum atomic E-state index is -0.584. The zero-order valence-electron chi connectivity index (χ0n) is 12.6. The first-order valence-corrected chi connectivity index (χ1v) is 6.81. The van der Waals surface area contributed by atoms with Crippen molar-refractivity contribution >= 4 is 5.97 Å². The van der Waals surface area contributed by atoms with Crippen LogP contribution in [0.2, 0.25) is 0 Å². The van der Waals surface area contributed by atoms with E-state index in [1.807, 2.05) is 32.2 Å². The maximum absolute atomic E-state index is 11.8. The average molecular weight is 281 g/mol. The Bertz CT molecular complexity index is 434. The van der Waals surface area contributed by atoms with Gasteiger partial charge in [0.2, 0.25) is 0 Å². The Hall–Kier alpha value is -1.75. The predicted octanol–water partition coefficient (Wildman–Crippen LogP) is 2.14. The lowest BCUT2D eigenvalue weighted by atomic mass is 10.1. The van der Waals surface area contributed by atoms with E-state index >= 15 is 0 Å². The number of carbonyl (C=O) groups is 1. The molecule has 0 saturated carbocycles. The Morgan fingerprint density at radius 1 is 1.35 bits per heavy atom. The summed E-state index contributed by atoms with van der Waals surface area (Å²) in [7, 11) is 3.47. The predicted molar refractivity (Wildman–Crippen MR) is 77.1 cm³/mol. The molecule has 1 rings (SSSR count). The van der Waals surface area contributed by atoms with E-state index in [4.69, 9.17) is 14.2 Å². The molecule has 1 N–H and O–H groups in total. The second-order valence-corrected chi connectivity index (χ2v) is 4.27. The van der Waals surface area contributed by atoms with E-state index in [0.29, 0.717) is 25.3 Å². The standard InChI is InChI=1S/C15H23NO4/c1-5-13(15(17)19-6-2)20-14-8-7-12(18-4)9-11(14)10-16-3/h7-9,13,16H,5-6,10H2,1-4H3. The molecule has 1 unspecified atom stereocenters. The molecular formula is C15H23NO4. The van der Waals surface area contributed by atoms with Gasteiger partial charge in [-0.05, 0) is 38.6 Å². The van der Waals surface area contributed by atoms with E-state index in [1.165, 1.54) is 0 Å². The lowest BCUT2D eigenvalue weighted by Gasteiger charge is -2.19. The molecular weight excluding hydrogens is 258 g/mol. The molecule has 0 spiro atoms. The van der Waals surface area contributed by atoms with Crippen LogP contribution in [0.15, 0.2) is 18.2 Å². The minimum absolute atomic E-state index is 0.332. The Kier molecular flexibility index (Phi) is 6.87. The largest absolute Gasteiger partial charge is 0.497 e. The summed E-state index contributed by atoms with van der Waals surface area (Å²) < 4.78 is 16.0. The molecule has 0 aliphatic carbocycles. The molecule has 112 valence electrons. The minimum Gasteiger partial charge on any atom is -0.497 e. The van der Waals surface area contributed by atoms with E-state index < -0.39 is 6.10 Å². The van der Waals surface area contributed by atoms with Gasteiger partial charge in [0, 0.05) is 12.1 Å². The lowest BCUT2D eigenvalue weighted by molar-refractivity contribution is -0.151. The zero-order valence-corrected chi connectivity index (χ0v) is 12.6. The molecule has 0 aromatic heterocycles. The fourth-order valence-electron chi connectivity index (χ4n) is 1.81. The molecule has 5 nitrogen and oxygen atoms in total. The van der Waals surface area contributed by atoms with Crippen LogP contribution >= 0.6 is 0 Å². The molecule has 1 aromatic rings. The molecule has 0 saturated heterocycles. The van der Waals surface area contributed by atoms with E-state index in [2.05, 4.69) is 5.32 Å². The SMILES string of the molecule is CCOC(=O)C(CC)Oc1ccc(OC)cc1CNC. The highest BCUT2D eigenvalue weighted by molar-refractivity contribution is 5.75. The average Bonchev–Trinajstić information content (AvgIpc) is 2.46. The van der Waals surface area contributed by atoms with Gasteiger partial charge in [-0.25, -0.2) is 4.79 Å². The van der Waals surface area contributed by atoms with Crippen LogP contribution in [-0.4, -0.2) is 32.8 Å². The normalized spacial score (nSPS) is 11.8. The van der Waals surface area contributed by atoms with Crippen LogP contribution in [0, 0.1) is 0 Å². The highest BCUT2D eigenvalue weighted by atomic mass is 16.6. The van der Waals surface area contributed by atoms with E-state index in [-0.39, 0.29) is 5.97 Å². The lowest BCUT2D eigenvalue weighted by Crippen LogP contribution is -2.29. The van der Waals surface area contributed by atoms with Gasteiger partial charge in [-0.3, -0.25) is 0 Å². The number of rotatable bonds is 8. The Morgan fingerprint density at radius 3 is 2.65 bits per heavy atom. The number of esters is 1. The second kappa shape index (κ2) is 8.43. The van der Waals surface area contributed by atoms with Crippen molar-refractivity contribution in [2.24, 2.45) is 0 Å². The quantitative estimate of drug-likeness (QED) is 0.740. The third-order valence-corrected chi connectivity index (χ3v) is 2.82. The van der Waals surface area contributed by atoms with Crippen LogP contribution in [0.3, 0.4) is 0 Å². The summed E-state index contributed by atoms with van der Waals surface area (Å²) in [5.74, 6) is 1.09. The Morgan fingerprint density at radius 2 is 2.10 bits per heavy atom. The van der Waals surface area contributed by atoms with Crippen molar-refractivity contribution in [3.05, 3.63) is 23.8 Å². The fraction of sp³-hybridized carbons (Fsp3) is 0.533. The molecule has 0 aliphatic heterocycles. The summed E-state index contributed by atoms with van der Waals surface area (Å²) in [6.07, 6.45) is -0.0249. The third-order valence-electron chi connectivity index (χ3n) is 2.82. The molecule has 0 heterocycles. The molecule has 1 aromatic carbocycles. The summed E-state index contributed by atoms with van der Waals surface area (Å²) in [5, 5.41) is 3.07. The van der Waals surface area contributed by atoms with Crippen molar-refractivity contribution < 1.29 is 19.0 Å². The van der Waals surface area contributed by atoms with Crippen molar-refractivity contribution in [1.29, 1.82) is 0 Å². The summed E-state index contributed by atoms with van der Waals surface area (Å²) in [6, 6.07) is 5.52. The molecule has 5 heteroatoms. The van der Waals surface area contributed by atoms with Crippen molar-refractivity contribution in [1.82, 2.24) is 5.32 Å². The number of benzene rings is 1. The number of nitrogens with one attached hydrogen (secondary N) is 1. The fourth-order valence-corrected chi connectivity index (χ4v) is 1.81. The van der Waals surface area contributed by atoms with Gasteiger partial charge < -0.3 is 19.5 Å². The number of hydrogen-bond donors (Lipinski definition) is 1. The monoisotopic (exact) mass is 281 g/mol. The summed E-state index contributed by atoms with van der Waals surface area (Å²) >= 11 is 0. The number of carbonyl (C=O) groups excluding carboxylic acids is 1. The van der Waals surface area contributed by atoms with Gasteiger partial charge >= 0.3 is 5.97 Å². The molecule has 0 bridgehead atoms. The van der Waals surface area contributed by atoms with Crippen molar-refractivity contribution in [2.75, 3.05) is 20.8 Å². The van der Waals surface area contributed by atoms with Crippen LogP contribution in [0.1, 0.15) is 25.8 Å². The topological polar surface area (TPSA) is 56.8 Å². The third kappa shape index (κ3) is 4.42. The molecule has 0 amide bonds. The van der Waals surface area contributed by atoms with Gasteiger partial charge in [0.15, 0.2) is 6.10 Å². The van der Waals surface area contributed by atoms with E-state index in [0.717, 1.165) is 11.3 Å². The molecule has 1 atom stereocenters. The highest BCUT2D eigenvalue weighted by Crippen LogP contribution is 2.25. The van der Waals surface area contributed by atoms with E-state index in [9.17, 15) is 4.79 Å². The van der Waals surface area contributed by atoms with Gasteiger partial charge in [-0.15, -0.1) is 0 Å². The maximum Gasteiger partial charge on any atom is 0.347 e. The van der Waals surface area contributed by atoms with Crippen LogP contribution in [-0.2, 0) is 16.1 Å². The smallest absolute Gasteiger partial charge is 0.347 e. The van der Waals surface area contributed by atoms with E-state index in [1.54, 1.807) is 14.0 Å². The Labute approximate surface area is 120 Å². The molecule has 0 fully saturated rings. The van der Waals surface area contributed by atoms with Crippen molar-refractivity contribution in [2.45, 2.75) is 32.9 Å². The van der Waals surface area contributed by atoms with Crippen LogP contribution in [0.4, 0.5) is 0 Å². The summed E-state index contributed by atoms with van der Waals surface area (Å²) in [4.78, 5) is 11.8. The van der Waals surface area contributed by atoms with Crippen LogP contribution < -0.4 is 14.8 Å². The van der Waals surface area contributed by atoms with Gasteiger partial charge in [-0.1, -0.05) is 6.92 Å². The molecule has 0 aliphatic rings. The number of methoxy groups -OCH3 is 1. The highest BCUT2D eigenvalue weighted by Gasteiger charge is 2.20. The summed E-state index contributed by atoms with van der Waals surface area (Å²) in [6.45, 7) is 4.66. The first kappa shape index (κ1) is 16.3. The van der Waals surface area contributed by atoms with Gasteiger partial charge in [0.25, 0.3) is 0 Å². The van der Waals surface area contributed by atoms with Crippen LogP contribution in [0.25, 0.3) is 0 Å². The first-order valence-electron chi connectivity index (χ1n) is 6.81. The molecule has 20 heavy (non-hydrogen) atoms. The summed E-state index contributed by atoms with van der Waals surface area (Å²) in [5.41, 5.74) is 0.939. The zero-order chi connectivity index (χ0) is 15.0. The van der Waals surface area contributed by atoms with Crippen molar-refractivity contribution in [3.63, 3.8) is 0 Å². The van der Waals surface area contributed by atoms with Gasteiger partial charge in [0.1, 0.15) is 11.5 Å². The maximum atomic E-state index is 11.8. The molecule has 0 radical (unpaired) electrons. The van der Waals surface area contributed by atoms with Crippen molar-refractivity contribution in [3.8, 4) is 11.5 Å². The second-order valence-electron chi connectivity index (χ2n) is 4.27.